The Labute approximate surface area is 133 Å². The molecule has 23 heavy (non-hydrogen) atoms. The van der Waals surface area contributed by atoms with Crippen molar-refractivity contribution < 1.29 is 18.8 Å². The summed E-state index contributed by atoms with van der Waals surface area (Å²) in [7, 11) is 0. The van der Waals surface area contributed by atoms with Gasteiger partial charge in [0.1, 0.15) is 11.4 Å². The van der Waals surface area contributed by atoms with Gasteiger partial charge in [0.15, 0.2) is 0 Å². The highest BCUT2D eigenvalue weighted by Crippen LogP contribution is 2.35. The molecular formula is C16H18FN3O3. The predicted octanol–water partition coefficient (Wildman–Crippen LogP) is 1.97. The molecule has 1 heterocycles. The minimum Gasteiger partial charge on any atom is -0.322 e. The van der Waals surface area contributed by atoms with Gasteiger partial charge in [0, 0.05) is 5.56 Å². The molecule has 0 radical (unpaired) electrons. The van der Waals surface area contributed by atoms with Crippen LogP contribution < -0.4 is 10.7 Å². The first kappa shape index (κ1) is 15.5. The van der Waals surface area contributed by atoms with E-state index < -0.39 is 29.2 Å². The molecule has 2 N–H and O–H groups in total. The molecule has 1 saturated carbocycles. The molecule has 4 amide bonds. The zero-order valence-electron chi connectivity index (χ0n) is 12.8. The number of nitrogens with zero attached hydrogens (tertiary/aromatic N) is 1. The number of amides is 4. The number of carbonyl (C=O) groups excluding carboxylic acids is 3. The second-order valence-corrected chi connectivity index (χ2v) is 6.28. The molecule has 1 aromatic carbocycles. The topological polar surface area (TPSA) is 78.5 Å². The van der Waals surface area contributed by atoms with Crippen molar-refractivity contribution in [3.8, 4) is 0 Å². The number of hydrogen-bond donors (Lipinski definition) is 2. The number of imide groups is 1. The largest absolute Gasteiger partial charge is 0.344 e. The smallest absolute Gasteiger partial charge is 0.322 e. The van der Waals surface area contributed by atoms with Crippen LogP contribution in [0.5, 0.6) is 0 Å². The molecule has 0 atom stereocenters. The average Bonchev–Trinajstić information content (AvgIpc) is 2.75. The van der Waals surface area contributed by atoms with Crippen molar-refractivity contribution in [2.24, 2.45) is 5.92 Å². The minimum absolute atomic E-state index is 0.171. The zero-order chi connectivity index (χ0) is 16.6. The molecule has 0 aromatic heterocycles. The van der Waals surface area contributed by atoms with E-state index in [-0.39, 0.29) is 5.56 Å². The number of carbonyl (C=O) groups is 3. The van der Waals surface area contributed by atoms with E-state index in [1.807, 2.05) is 0 Å². The summed E-state index contributed by atoms with van der Waals surface area (Å²) in [5.74, 6) is -1.00. The Morgan fingerprint density at radius 1 is 1.26 bits per heavy atom. The van der Waals surface area contributed by atoms with Crippen molar-refractivity contribution in [1.29, 1.82) is 0 Å². The quantitative estimate of drug-likeness (QED) is 0.818. The minimum atomic E-state index is -0.903. The van der Waals surface area contributed by atoms with Gasteiger partial charge in [-0.1, -0.05) is 6.92 Å². The Bertz CT molecular complexity index is 651. The summed E-state index contributed by atoms with van der Waals surface area (Å²) < 4.78 is 12.9. The van der Waals surface area contributed by atoms with Crippen molar-refractivity contribution in [2.45, 2.75) is 38.1 Å². The Kier molecular flexibility index (Phi) is 3.79. The maximum Gasteiger partial charge on any atom is 0.344 e. The van der Waals surface area contributed by atoms with Gasteiger partial charge in [-0.2, -0.15) is 5.01 Å². The molecule has 6 nitrogen and oxygen atoms in total. The molecule has 1 saturated heterocycles. The summed E-state index contributed by atoms with van der Waals surface area (Å²) in [5, 5.41) is 3.46. The van der Waals surface area contributed by atoms with Gasteiger partial charge in [-0.15, -0.1) is 0 Å². The van der Waals surface area contributed by atoms with E-state index in [4.69, 9.17) is 0 Å². The number of rotatable bonds is 2. The van der Waals surface area contributed by atoms with Crippen molar-refractivity contribution >= 4 is 17.8 Å². The third kappa shape index (κ3) is 2.78. The van der Waals surface area contributed by atoms with Crippen molar-refractivity contribution in [2.75, 3.05) is 0 Å². The monoisotopic (exact) mass is 319 g/mol. The van der Waals surface area contributed by atoms with Crippen molar-refractivity contribution in [3.63, 3.8) is 0 Å². The van der Waals surface area contributed by atoms with Crippen molar-refractivity contribution in [3.05, 3.63) is 35.6 Å². The molecule has 2 fully saturated rings. The van der Waals surface area contributed by atoms with Crippen LogP contribution in [0.2, 0.25) is 0 Å². The van der Waals surface area contributed by atoms with E-state index in [9.17, 15) is 18.8 Å². The van der Waals surface area contributed by atoms with Crippen LogP contribution >= 0.6 is 0 Å². The van der Waals surface area contributed by atoms with Gasteiger partial charge < -0.3 is 5.32 Å². The molecule has 122 valence electrons. The second-order valence-electron chi connectivity index (χ2n) is 6.28. The van der Waals surface area contributed by atoms with Gasteiger partial charge >= 0.3 is 6.03 Å². The number of halogens is 1. The van der Waals surface area contributed by atoms with Crippen LogP contribution in [0.15, 0.2) is 24.3 Å². The standard InChI is InChI=1S/C16H18FN3O3/c1-10-6-8-16(9-7-10)14(22)20(15(23)18-16)19-13(21)11-2-4-12(17)5-3-11/h2-5,10H,6-9H2,1H3,(H,18,23)(H,19,21). The lowest BCUT2D eigenvalue weighted by molar-refractivity contribution is -0.134. The molecule has 3 rings (SSSR count). The van der Waals surface area contributed by atoms with Crippen LogP contribution in [0, 0.1) is 11.7 Å². The van der Waals surface area contributed by atoms with Gasteiger partial charge in [-0.25, -0.2) is 9.18 Å². The first-order valence-electron chi connectivity index (χ1n) is 7.64. The van der Waals surface area contributed by atoms with E-state index >= 15 is 0 Å². The van der Waals surface area contributed by atoms with Gasteiger partial charge in [-0.3, -0.25) is 15.0 Å². The lowest BCUT2D eigenvalue weighted by Crippen LogP contribution is -2.51. The summed E-state index contributed by atoms with van der Waals surface area (Å²) in [6.07, 6.45) is 2.85. The first-order valence-corrected chi connectivity index (χ1v) is 7.64. The normalized spacial score (nSPS) is 27.2. The lowest BCUT2D eigenvalue weighted by Gasteiger charge is -2.33. The third-order valence-corrected chi connectivity index (χ3v) is 4.61. The Morgan fingerprint density at radius 3 is 2.48 bits per heavy atom. The second kappa shape index (κ2) is 5.64. The van der Waals surface area contributed by atoms with Crippen LogP contribution in [-0.2, 0) is 4.79 Å². The van der Waals surface area contributed by atoms with Gasteiger partial charge in [0.2, 0.25) is 0 Å². The van der Waals surface area contributed by atoms with E-state index in [2.05, 4.69) is 17.7 Å². The van der Waals surface area contributed by atoms with Crippen LogP contribution in [-0.4, -0.2) is 28.4 Å². The summed E-state index contributed by atoms with van der Waals surface area (Å²) in [5.41, 5.74) is 1.58. The fourth-order valence-electron chi connectivity index (χ4n) is 3.08. The Balaban J connectivity index is 1.73. The molecule has 2 aliphatic rings. The molecule has 1 aliphatic heterocycles. The molecule has 0 unspecified atom stereocenters. The fourth-order valence-corrected chi connectivity index (χ4v) is 3.08. The maximum atomic E-state index is 12.9. The highest BCUT2D eigenvalue weighted by molar-refractivity contribution is 6.09. The van der Waals surface area contributed by atoms with E-state index in [0.717, 1.165) is 30.0 Å². The molecular weight excluding hydrogens is 301 g/mol. The van der Waals surface area contributed by atoms with Gasteiger partial charge in [0.25, 0.3) is 11.8 Å². The van der Waals surface area contributed by atoms with Crippen LogP contribution in [0.3, 0.4) is 0 Å². The molecule has 1 aliphatic carbocycles. The number of nitrogens with one attached hydrogen (secondary N) is 2. The van der Waals surface area contributed by atoms with Crippen LogP contribution in [0.4, 0.5) is 9.18 Å². The fraction of sp³-hybridized carbons (Fsp3) is 0.438. The number of urea groups is 1. The maximum absolute atomic E-state index is 12.9. The molecule has 0 bridgehead atoms. The van der Waals surface area contributed by atoms with Crippen LogP contribution in [0.1, 0.15) is 43.0 Å². The predicted molar refractivity (Wildman–Crippen MR) is 79.6 cm³/mol. The van der Waals surface area contributed by atoms with E-state index in [1.54, 1.807) is 0 Å². The summed E-state index contributed by atoms with van der Waals surface area (Å²) in [6, 6.07) is 4.25. The summed E-state index contributed by atoms with van der Waals surface area (Å²) >= 11 is 0. The SMILES string of the molecule is CC1CCC2(CC1)NC(=O)N(NC(=O)c1ccc(F)cc1)C2=O. The lowest BCUT2D eigenvalue weighted by atomic mass is 9.77. The molecule has 1 spiro atoms. The molecule has 1 aromatic rings. The first-order chi connectivity index (χ1) is 10.9. The number of hydrogen-bond acceptors (Lipinski definition) is 3. The zero-order valence-corrected chi connectivity index (χ0v) is 12.8. The Morgan fingerprint density at radius 2 is 1.87 bits per heavy atom. The van der Waals surface area contributed by atoms with Gasteiger partial charge in [0.05, 0.1) is 0 Å². The average molecular weight is 319 g/mol. The Hall–Kier alpha value is -2.44. The summed E-state index contributed by atoms with van der Waals surface area (Å²) in [6.45, 7) is 2.11. The number of benzene rings is 1. The van der Waals surface area contributed by atoms with Crippen molar-refractivity contribution in [1.82, 2.24) is 15.8 Å². The molecule has 7 heteroatoms. The van der Waals surface area contributed by atoms with Crippen LogP contribution in [0.25, 0.3) is 0 Å². The van der Waals surface area contributed by atoms with Gasteiger partial charge in [-0.05, 0) is 55.9 Å². The summed E-state index contributed by atoms with van der Waals surface area (Å²) in [4.78, 5) is 36.8. The van der Waals surface area contributed by atoms with E-state index in [1.165, 1.54) is 12.1 Å². The highest BCUT2D eigenvalue weighted by Gasteiger charge is 2.52. The number of hydrazine groups is 1. The highest BCUT2D eigenvalue weighted by atomic mass is 19.1. The third-order valence-electron chi connectivity index (χ3n) is 4.61. The van der Waals surface area contributed by atoms with E-state index in [0.29, 0.717) is 18.8 Å².